The van der Waals surface area contributed by atoms with Crippen molar-refractivity contribution in [1.82, 2.24) is 36.5 Å². The quantitative estimate of drug-likeness (QED) is 0.135. The summed E-state index contributed by atoms with van der Waals surface area (Å²) in [6.07, 6.45) is 1.55. The van der Waals surface area contributed by atoms with Crippen LogP contribution in [0.4, 0.5) is 0 Å². The molecule has 0 aliphatic carbocycles. The van der Waals surface area contributed by atoms with E-state index < -0.39 is 77.8 Å². The van der Waals surface area contributed by atoms with Gasteiger partial charge < -0.3 is 41.6 Å². The summed E-state index contributed by atoms with van der Waals surface area (Å²) in [6, 6.07) is 18.6. The Hall–Kier alpha value is -6.02. The summed E-state index contributed by atoms with van der Waals surface area (Å²) in [5.41, 5.74) is 3.07. The van der Waals surface area contributed by atoms with Gasteiger partial charge in [-0.25, -0.2) is 0 Å². The minimum absolute atomic E-state index is 0.0377. The Morgan fingerprint density at radius 3 is 1.79 bits per heavy atom. The number of hydrogen-bond acceptors (Lipinski definition) is 7. The number of carbonyl (C=O) groups is 6. The normalized spacial score (nSPS) is 24.5. The first-order chi connectivity index (χ1) is 27.9. The molecule has 14 nitrogen and oxygen atoms in total. The van der Waals surface area contributed by atoms with Crippen LogP contribution in [0.5, 0.6) is 0 Å². The maximum Gasteiger partial charge on any atom is 0.246 e. The van der Waals surface area contributed by atoms with Crippen molar-refractivity contribution in [3.8, 4) is 0 Å². The molecular formula is C44H53N7O7. The van der Waals surface area contributed by atoms with Crippen LogP contribution in [0.3, 0.4) is 0 Å². The van der Waals surface area contributed by atoms with Crippen LogP contribution in [0, 0.1) is 5.92 Å². The second-order valence-electron chi connectivity index (χ2n) is 15.7. The number of para-hydroxylation sites is 1. The van der Waals surface area contributed by atoms with Gasteiger partial charge in [-0.15, -0.1) is 0 Å². The summed E-state index contributed by atoms with van der Waals surface area (Å²) >= 11 is 0. The number of aliphatic hydroxyl groups is 1. The SMILES string of the molecule is CC(C)C[C@@H]1NC(=O)[C@@H](Cc2c[nH]c3ccccc23)NC(=O)[C@H](Cc2ccccc2)NC(=O)[C@@H]2CCCN2C(=O)[C@H](Cc2ccccc2)NC(=O)[C@H]([C@@H](C)O)NC1=O. The second-order valence-corrected chi connectivity index (χ2v) is 15.7. The number of aliphatic hydroxyl groups excluding tert-OH is 1. The molecule has 3 heterocycles. The Labute approximate surface area is 337 Å². The van der Waals surface area contributed by atoms with Crippen LogP contribution in [-0.2, 0) is 48.0 Å². The van der Waals surface area contributed by atoms with Gasteiger partial charge in [-0.2, -0.15) is 0 Å². The lowest BCUT2D eigenvalue weighted by atomic mass is 9.99. The molecule has 2 aliphatic rings. The zero-order chi connectivity index (χ0) is 41.3. The van der Waals surface area contributed by atoms with Crippen molar-refractivity contribution in [1.29, 1.82) is 0 Å². The minimum atomic E-state index is -1.50. The molecule has 0 saturated carbocycles. The van der Waals surface area contributed by atoms with Gasteiger partial charge in [-0.1, -0.05) is 92.7 Å². The number of amides is 6. The first-order valence-electron chi connectivity index (χ1n) is 20.0. The van der Waals surface area contributed by atoms with E-state index in [2.05, 4.69) is 31.6 Å². The Morgan fingerprint density at radius 1 is 0.621 bits per heavy atom. The zero-order valence-corrected chi connectivity index (χ0v) is 33.1. The molecule has 14 heteroatoms. The van der Waals surface area contributed by atoms with E-state index in [1.54, 1.807) is 18.3 Å². The van der Waals surface area contributed by atoms with Gasteiger partial charge in [0.2, 0.25) is 35.4 Å². The van der Waals surface area contributed by atoms with Crippen LogP contribution in [0.15, 0.2) is 91.1 Å². The average Bonchev–Trinajstić information content (AvgIpc) is 3.86. The van der Waals surface area contributed by atoms with Crippen molar-refractivity contribution < 1.29 is 33.9 Å². The van der Waals surface area contributed by atoms with Gasteiger partial charge in [0.25, 0.3) is 0 Å². The summed E-state index contributed by atoms with van der Waals surface area (Å²) in [7, 11) is 0. The largest absolute Gasteiger partial charge is 0.391 e. The van der Waals surface area contributed by atoms with Crippen LogP contribution in [0.1, 0.15) is 56.7 Å². The highest BCUT2D eigenvalue weighted by atomic mass is 16.3. The molecule has 4 aromatic rings. The summed E-state index contributed by atoms with van der Waals surface area (Å²) in [5, 5.41) is 25.7. The fraction of sp³-hybridized carbons (Fsp3) is 0.409. The van der Waals surface area contributed by atoms with Gasteiger partial charge in [-0.05, 0) is 54.9 Å². The number of nitrogens with one attached hydrogen (secondary N) is 6. The third-order valence-corrected chi connectivity index (χ3v) is 10.8. The molecule has 6 amide bonds. The lowest BCUT2D eigenvalue weighted by Gasteiger charge is -2.32. The fourth-order valence-electron chi connectivity index (χ4n) is 7.78. The number of benzene rings is 3. The number of rotatable bonds is 9. The lowest BCUT2D eigenvalue weighted by Crippen LogP contribution is -2.63. The molecular weight excluding hydrogens is 739 g/mol. The number of carbonyl (C=O) groups excluding carboxylic acids is 6. The highest BCUT2D eigenvalue weighted by Gasteiger charge is 2.41. The molecule has 2 fully saturated rings. The number of hydrogen-bond donors (Lipinski definition) is 7. The highest BCUT2D eigenvalue weighted by Crippen LogP contribution is 2.22. The van der Waals surface area contributed by atoms with Gasteiger partial charge in [0.05, 0.1) is 6.10 Å². The molecule has 0 radical (unpaired) electrons. The third kappa shape index (κ3) is 10.3. The second kappa shape index (κ2) is 18.9. The number of aromatic nitrogens is 1. The minimum Gasteiger partial charge on any atom is -0.391 e. The highest BCUT2D eigenvalue weighted by molar-refractivity contribution is 5.99. The van der Waals surface area contributed by atoms with Crippen LogP contribution in [0.25, 0.3) is 10.9 Å². The Morgan fingerprint density at radius 2 is 1.16 bits per heavy atom. The molecule has 3 aromatic carbocycles. The molecule has 2 aliphatic heterocycles. The monoisotopic (exact) mass is 791 g/mol. The van der Waals surface area contributed by atoms with E-state index in [9.17, 15) is 33.9 Å². The third-order valence-electron chi connectivity index (χ3n) is 10.8. The summed E-state index contributed by atoms with van der Waals surface area (Å²) < 4.78 is 0. The van der Waals surface area contributed by atoms with Crippen molar-refractivity contribution in [2.24, 2.45) is 5.92 Å². The molecule has 2 saturated heterocycles. The fourth-order valence-corrected chi connectivity index (χ4v) is 7.78. The molecule has 7 atom stereocenters. The Kier molecular flexibility index (Phi) is 13.6. The molecule has 7 N–H and O–H groups in total. The molecule has 306 valence electrons. The van der Waals surface area contributed by atoms with Gasteiger partial charge >= 0.3 is 0 Å². The van der Waals surface area contributed by atoms with E-state index in [0.717, 1.165) is 27.6 Å². The number of nitrogens with zero attached hydrogens (tertiary/aromatic N) is 1. The van der Waals surface area contributed by atoms with Crippen molar-refractivity contribution in [2.45, 2.75) is 102 Å². The predicted molar refractivity (Wildman–Crippen MR) is 218 cm³/mol. The maximum atomic E-state index is 14.4. The molecule has 1 aromatic heterocycles. The van der Waals surface area contributed by atoms with Crippen LogP contribution in [-0.4, -0.2) is 99.3 Å². The number of aromatic amines is 1. The van der Waals surface area contributed by atoms with Gasteiger partial charge in [0.15, 0.2) is 0 Å². The predicted octanol–water partition coefficient (Wildman–Crippen LogP) is 2.05. The number of H-pyrrole nitrogens is 1. The zero-order valence-electron chi connectivity index (χ0n) is 33.1. The maximum absolute atomic E-state index is 14.4. The molecule has 58 heavy (non-hydrogen) atoms. The number of fused-ring (bicyclic) bond motifs is 2. The van der Waals surface area contributed by atoms with Crippen molar-refractivity contribution in [3.63, 3.8) is 0 Å². The molecule has 0 bridgehead atoms. The van der Waals surface area contributed by atoms with E-state index in [4.69, 9.17) is 0 Å². The smallest absolute Gasteiger partial charge is 0.246 e. The first kappa shape index (κ1) is 41.6. The van der Waals surface area contributed by atoms with Gasteiger partial charge in [0, 0.05) is 42.9 Å². The van der Waals surface area contributed by atoms with Crippen molar-refractivity contribution in [3.05, 3.63) is 108 Å². The standard InChI is InChI=1S/C44H53N7O7/c1-26(2)21-33-41(55)50-38(27(3)52)43(57)49-36(23-29-15-8-5-9-16-29)44(58)51-20-12-19-37(51)42(56)48-34(22-28-13-6-4-7-14-28)39(53)47-35(40(54)46-33)24-30-25-45-32-18-11-10-17-31(30)32/h4-11,13-18,25-27,33-38,45,52H,12,19-24H2,1-3H3,(H,46,54)(H,47,53)(H,48,56)(H,49,57)(H,50,55)/t27-,33+,34+,35-,36+,37+,38+/m1/s1. The van der Waals surface area contributed by atoms with Crippen molar-refractivity contribution >= 4 is 46.3 Å². The molecule has 6 rings (SSSR count). The molecule has 0 unspecified atom stereocenters. The van der Waals surface area contributed by atoms with Crippen LogP contribution in [0.2, 0.25) is 0 Å². The van der Waals surface area contributed by atoms with Crippen LogP contribution >= 0.6 is 0 Å². The van der Waals surface area contributed by atoms with E-state index in [1.165, 1.54) is 11.8 Å². The summed E-state index contributed by atoms with van der Waals surface area (Å²) in [4.78, 5) is 90.2. The molecule has 0 spiro atoms. The average molecular weight is 792 g/mol. The van der Waals surface area contributed by atoms with Gasteiger partial charge in [-0.3, -0.25) is 28.8 Å². The van der Waals surface area contributed by atoms with E-state index in [1.807, 2.05) is 86.6 Å². The first-order valence-corrected chi connectivity index (χ1v) is 20.0. The van der Waals surface area contributed by atoms with E-state index in [0.29, 0.717) is 12.8 Å². The van der Waals surface area contributed by atoms with E-state index in [-0.39, 0.29) is 38.1 Å². The Bertz CT molecular complexity index is 2090. The van der Waals surface area contributed by atoms with Crippen LogP contribution < -0.4 is 26.6 Å². The topological polar surface area (TPSA) is 202 Å². The Balaban J connectivity index is 1.40. The van der Waals surface area contributed by atoms with Crippen molar-refractivity contribution in [2.75, 3.05) is 6.54 Å². The summed E-state index contributed by atoms with van der Waals surface area (Å²) in [5.74, 6) is -3.96. The van der Waals surface area contributed by atoms with E-state index >= 15 is 0 Å². The summed E-state index contributed by atoms with van der Waals surface area (Å²) in [6.45, 7) is 5.32. The van der Waals surface area contributed by atoms with Gasteiger partial charge in [0.1, 0.15) is 36.3 Å². The lowest BCUT2D eigenvalue weighted by molar-refractivity contribution is -0.143.